The molecule has 0 heterocycles. The van der Waals surface area contributed by atoms with Crippen molar-refractivity contribution in [2.45, 2.75) is 11.8 Å². The maximum absolute atomic E-state index is 13.3. The number of benzene rings is 2. The lowest BCUT2D eigenvalue weighted by atomic mass is 10.2. The number of sulfonamides is 1. The third-order valence-corrected chi connectivity index (χ3v) is 5.03. The smallest absolute Gasteiger partial charge is 0.279 e. The Balaban J connectivity index is 2.43. The molecule has 0 radical (unpaired) electrons. The summed E-state index contributed by atoms with van der Waals surface area (Å²) in [5.74, 6) is -0.687. The Kier molecular flexibility index (Phi) is 4.47. The Labute approximate surface area is 134 Å². The maximum Gasteiger partial charge on any atom is 0.285 e. The van der Waals surface area contributed by atoms with E-state index < -0.39 is 20.8 Å². The quantitative estimate of drug-likeness (QED) is 0.639. The van der Waals surface area contributed by atoms with E-state index in [-0.39, 0.29) is 20.7 Å². The molecule has 22 heavy (non-hydrogen) atoms. The summed E-state index contributed by atoms with van der Waals surface area (Å²) in [6.07, 6.45) is 0. The van der Waals surface area contributed by atoms with Gasteiger partial charge in [0.25, 0.3) is 15.7 Å². The van der Waals surface area contributed by atoms with Crippen LogP contribution in [-0.4, -0.2) is 13.3 Å². The van der Waals surface area contributed by atoms with Gasteiger partial charge < -0.3 is 0 Å². The first-order valence-electron chi connectivity index (χ1n) is 5.93. The molecule has 0 aliphatic rings. The van der Waals surface area contributed by atoms with Crippen LogP contribution in [0.5, 0.6) is 0 Å². The molecule has 2 aromatic rings. The summed E-state index contributed by atoms with van der Waals surface area (Å²) < 4.78 is 40.2. The van der Waals surface area contributed by atoms with E-state index in [2.05, 4.69) is 20.7 Å². The van der Waals surface area contributed by atoms with Gasteiger partial charge in [0.1, 0.15) is 5.82 Å². The Morgan fingerprint density at radius 3 is 2.55 bits per heavy atom. The van der Waals surface area contributed by atoms with Gasteiger partial charge in [0.2, 0.25) is 0 Å². The molecule has 1 N–H and O–H groups in total. The first-order valence-corrected chi connectivity index (χ1v) is 8.21. The zero-order valence-corrected chi connectivity index (χ0v) is 13.6. The Bertz CT molecular complexity index is 855. The highest BCUT2D eigenvalue weighted by Crippen LogP contribution is 2.29. The van der Waals surface area contributed by atoms with Crippen LogP contribution in [0.15, 0.2) is 45.8 Å². The molecular weight excluding hydrogens is 379 g/mol. The number of rotatable bonds is 4. The van der Waals surface area contributed by atoms with Gasteiger partial charge in [-0.15, -0.1) is 0 Å². The molecule has 9 heteroatoms. The van der Waals surface area contributed by atoms with Crippen molar-refractivity contribution in [1.29, 1.82) is 0 Å². The van der Waals surface area contributed by atoms with Crippen molar-refractivity contribution in [1.82, 2.24) is 0 Å². The van der Waals surface area contributed by atoms with Crippen LogP contribution in [0, 0.1) is 22.9 Å². The number of nitro benzene ring substituents is 1. The average molecular weight is 389 g/mol. The van der Waals surface area contributed by atoms with E-state index in [4.69, 9.17) is 0 Å². The standard InChI is InChI=1S/C13H10BrFN2O4S/c1-8-2-3-9(15)6-13(8)22(20,21)16-10-4-5-11(14)12(7-10)17(18)19/h2-7,16H,1H3. The van der Waals surface area contributed by atoms with Gasteiger partial charge in [-0.2, -0.15) is 0 Å². The molecule has 6 nitrogen and oxygen atoms in total. The normalized spacial score (nSPS) is 11.2. The lowest BCUT2D eigenvalue weighted by Gasteiger charge is -2.10. The molecule has 0 amide bonds. The molecule has 0 unspecified atom stereocenters. The Morgan fingerprint density at radius 1 is 1.23 bits per heavy atom. The van der Waals surface area contributed by atoms with Crippen molar-refractivity contribution in [2.24, 2.45) is 0 Å². The van der Waals surface area contributed by atoms with Crippen LogP contribution >= 0.6 is 15.9 Å². The fraction of sp³-hybridized carbons (Fsp3) is 0.0769. The second-order valence-corrected chi connectivity index (χ2v) is 6.94. The van der Waals surface area contributed by atoms with E-state index in [1.54, 1.807) is 0 Å². The summed E-state index contributed by atoms with van der Waals surface area (Å²) in [7, 11) is -4.05. The van der Waals surface area contributed by atoms with Crippen LogP contribution < -0.4 is 4.72 Å². The van der Waals surface area contributed by atoms with Crippen LogP contribution in [0.3, 0.4) is 0 Å². The van der Waals surface area contributed by atoms with Crippen LogP contribution in [0.4, 0.5) is 15.8 Å². The van der Waals surface area contributed by atoms with Gasteiger partial charge in [-0.05, 0) is 52.7 Å². The SMILES string of the molecule is Cc1ccc(F)cc1S(=O)(=O)Nc1ccc(Br)c([N+](=O)[O-])c1. The van der Waals surface area contributed by atoms with E-state index in [9.17, 15) is 22.9 Å². The molecule has 0 bridgehead atoms. The zero-order valence-electron chi connectivity index (χ0n) is 11.2. The number of hydrogen-bond acceptors (Lipinski definition) is 4. The summed E-state index contributed by atoms with van der Waals surface area (Å²) in [4.78, 5) is 9.99. The molecule has 0 saturated heterocycles. The van der Waals surface area contributed by atoms with E-state index in [0.717, 1.165) is 18.2 Å². The minimum absolute atomic E-state index is 0.0126. The number of hydrogen-bond donors (Lipinski definition) is 1. The molecule has 0 atom stereocenters. The maximum atomic E-state index is 13.3. The molecule has 2 aromatic carbocycles. The molecular formula is C13H10BrFN2O4S. The number of anilines is 1. The molecule has 0 aliphatic heterocycles. The molecule has 0 fully saturated rings. The summed E-state index contributed by atoms with van der Waals surface area (Å²) in [5, 5.41) is 10.9. The topological polar surface area (TPSA) is 89.3 Å². The predicted octanol–water partition coefficient (Wildman–Crippen LogP) is 3.61. The Morgan fingerprint density at radius 2 is 1.91 bits per heavy atom. The van der Waals surface area contributed by atoms with Crippen molar-refractivity contribution in [3.8, 4) is 0 Å². The van der Waals surface area contributed by atoms with E-state index in [1.807, 2.05) is 0 Å². The van der Waals surface area contributed by atoms with E-state index in [0.29, 0.717) is 5.56 Å². The second kappa shape index (κ2) is 6.01. The third kappa shape index (κ3) is 3.42. The number of nitrogens with zero attached hydrogens (tertiary/aromatic N) is 1. The highest BCUT2D eigenvalue weighted by molar-refractivity contribution is 9.10. The van der Waals surface area contributed by atoms with Gasteiger partial charge >= 0.3 is 0 Å². The lowest BCUT2D eigenvalue weighted by Crippen LogP contribution is -2.14. The first-order chi connectivity index (χ1) is 10.2. The number of aryl methyl sites for hydroxylation is 1. The molecule has 0 aliphatic carbocycles. The van der Waals surface area contributed by atoms with E-state index in [1.165, 1.54) is 25.1 Å². The fourth-order valence-electron chi connectivity index (χ4n) is 1.79. The van der Waals surface area contributed by atoms with Gasteiger partial charge in [0.15, 0.2) is 0 Å². The zero-order chi connectivity index (χ0) is 16.5. The minimum atomic E-state index is -4.05. The molecule has 116 valence electrons. The second-order valence-electron chi connectivity index (χ2n) is 4.44. The Hall–Kier alpha value is -2.00. The van der Waals surface area contributed by atoms with Crippen LogP contribution in [0.25, 0.3) is 0 Å². The third-order valence-electron chi connectivity index (χ3n) is 2.83. The van der Waals surface area contributed by atoms with Crippen molar-refractivity contribution in [3.63, 3.8) is 0 Å². The molecule has 0 spiro atoms. The molecule has 0 saturated carbocycles. The lowest BCUT2D eigenvalue weighted by molar-refractivity contribution is -0.385. The number of nitro groups is 1. The highest BCUT2D eigenvalue weighted by atomic mass is 79.9. The largest absolute Gasteiger partial charge is 0.285 e. The highest BCUT2D eigenvalue weighted by Gasteiger charge is 2.20. The van der Waals surface area contributed by atoms with Gasteiger partial charge in [-0.1, -0.05) is 6.07 Å². The molecule has 2 rings (SSSR count). The fourth-order valence-corrected chi connectivity index (χ4v) is 3.49. The van der Waals surface area contributed by atoms with Crippen LogP contribution in [0.2, 0.25) is 0 Å². The number of halogens is 2. The minimum Gasteiger partial charge on any atom is -0.279 e. The molecule has 0 aromatic heterocycles. The first kappa shape index (κ1) is 16.4. The van der Waals surface area contributed by atoms with Gasteiger partial charge in [0.05, 0.1) is 20.0 Å². The van der Waals surface area contributed by atoms with Crippen molar-refractivity contribution in [2.75, 3.05) is 4.72 Å². The summed E-state index contributed by atoms with van der Waals surface area (Å²) in [6, 6.07) is 7.19. The number of nitrogens with one attached hydrogen (secondary N) is 1. The van der Waals surface area contributed by atoms with Gasteiger partial charge in [-0.25, -0.2) is 12.8 Å². The van der Waals surface area contributed by atoms with Gasteiger partial charge in [-0.3, -0.25) is 14.8 Å². The average Bonchev–Trinajstić information content (AvgIpc) is 2.43. The van der Waals surface area contributed by atoms with Crippen LogP contribution in [0.1, 0.15) is 5.56 Å². The van der Waals surface area contributed by atoms with E-state index >= 15 is 0 Å². The van der Waals surface area contributed by atoms with Crippen LogP contribution in [-0.2, 0) is 10.0 Å². The summed E-state index contributed by atoms with van der Waals surface area (Å²) >= 11 is 3.01. The van der Waals surface area contributed by atoms with Crippen molar-refractivity contribution >= 4 is 37.3 Å². The van der Waals surface area contributed by atoms with Crippen molar-refractivity contribution in [3.05, 3.63) is 62.4 Å². The predicted molar refractivity (Wildman–Crippen MR) is 82.7 cm³/mol. The monoisotopic (exact) mass is 388 g/mol. The van der Waals surface area contributed by atoms with Crippen molar-refractivity contribution < 1.29 is 17.7 Å². The summed E-state index contributed by atoms with van der Waals surface area (Å²) in [5.41, 5.74) is 0.0928. The summed E-state index contributed by atoms with van der Waals surface area (Å²) in [6.45, 7) is 1.53. The van der Waals surface area contributed by atoms with Gasteiger partial charge in [0, 0.05) is 6.07 Å².